The zero-order chi connectivity index (χ0) is 30.3. The minimum atomic E-state index is -0.615. The lowest BCUT2D eigenvalue weighted by Gasteiger charge is -2.41. The van der Waals surface area contributed by atoms with Crippen molar-refractivity contribution < 1.29 is 33.3 Å². The van der Waals surface area contributed by atoms with Gasteiger partial charge in [0.1, 0.15) is 17.2 Å². The smallest absolute Gasteiger partial charge is 0.229 e. The largest absolute Gasteiger partial charge is 0.497 e. The predicted molar refractivity (Wildman–Crippen MR) is 164 cm³/mol. The molecule has 0 radical (unpaired) electrons. The molecule has 4 aromatic carbocycles. The quantitative estimate of drug-likeness (QED) is 0.224. The van der Waals surface area contributed by atoms with Gasteiger partial charge in [0.2, 0.25) is 17.6 Å². The molecule has 0 spiro atoms. The van der Waals surface area contributed by atoms with Crippen LogP contribution in [0.4, 0.5) is 11.4 Å². The monoisotopic (exact) mass is 582 g/mol. The van der Waals surface area contributed by atoms with Gasteiger partial charge in [-0.3, -0.25) is 9.59 Å². The summed E-state index contributed by atoms with van der Waals surface area (Å²) < 4.78 is 27.9. The first kappa shape index (κ1) is 29.3. The zero-order valence-electron chi connectivity index (χ0n) is 24.5. The maximum Gasteiger partial charge on any atom is 0.229 e. The number of rotatable bonds is 10. The van der Waals surface area contributed by atoms with Crippen LogP contribution in [0, 0.1) is 5.92 Å². The number of nitrogens with zero attached hydrogens (tertiary/aromatic N) is 1. The highest BCUT2D eigenvalue weighted by Crippen LogP contribution is 2.46. The van der Waals surface area contributed by atoms with Gasteiger partial charge >= 0.3 is 0 Å². The van der Waals surface area contributed by atoms with Crippen molar-refractivity contribution in [2.45, 2.75) is 18.9 Å². The summed E-state index contributed by atoms with van der Waals surface area (Å²) in [5.74, 6) is 2.37. The summed E-state index contributed by atoms with van der Waals surface area (Å²) in [5.41, 5.74) is 1.93. The minimum Gasteiger partial charge on any atom is -0.497 e. The molecule has 0 saturated carbocycles. The molecule has 2 amide bonds. The lowest BCUT2D eigenvalue weighted by atomic mass is 9.83. The van der Waals surface area contributed by atoms with Crippen molar-refractivity contribution in [3.63, 3.8) is 0 Å². The second kappa shape index (κ2) is 13.2. The van der Waals surface area contributed by atoms with Crippen LogP contribution >= 0.6 is 0 Å². The molecule has 5 rings (SSSR count). The number of amides is 2. The van der Waals surface area contributed by atoms with Gasteiger partial charge in [0.25, 0.3) is 0 Å². The van der Waals surface area contributed by atoms with Crippen molar-refractivity contribution >= 4 is 23.2 Å². The van der Waals surface area contributed by atoms with E-state index in [0.29, 0.717) is 46.5 Å². The molecule has 1 heterocycles. The van der Waals surface area contributed by atoms with Gasteiger partial charge in [-0.05, 0) is 60.5 Å². The van der Waals surface area contributed by atoms with Crippen LogP contribution in [0.15, 0.2) is 91.0 Å². The van der Waals surface area contributed by atoms with Crippen LogP contribution in [0.2, 0.25) is 0 Å². The molecule has 4 aromatic rings. The first-order valence-electron chi connectivity index (χ1n) is 13.9. The van der Waals surface area contributed by atoms with Crippen LogP contribution in [0.3, 0.4) is 0 Å². The van der Waals surface area contributed by atoms with Gasteiger partial charge in [-0.2, -0.15) is 0 Å². The predicted octanol–water partition coefficient (Wildman–Crippen LogP) is 6.64. The van der Waals surface area contributed by atoms with Crippen LogP contribution in [0.1, 0.15) is 24.4 Å². The number of carbonyl (C=O) groups excluding carboxylic acids is 2. The summed E-state index contributed by atoms with van der Waals surface area (Å²) in [6.07, 6.45) is 0.558. The minimum absolute atomic E-state index is 0.124. The third kappa shape index (κ3) is 6.35. The van der Waals surface area contributed by atoms with E-state index in [1.807, 2.05) is 54.6 Å². The molecule has 43 heavy (non-hydrogen) atoms. The molecule has 1 saturated heterocycles. The molecule has 1 fully saturated rings. The van der Waals surface area contributed by atoms with E-state index in [9.17, 15) is 9.59 Å². The summed E-state index contributed by atoms with van der Waals surface area (Å²) in [6, 6.07) is 26.9. The number of ether oxygens (including phenoxy) is 5. The van der Waals surface area contributed by atoms with Crippen molar-refractivity contribution in [3.05, 3.63) is 96.6 Å². The highest BCUT2D eigenvalue weighted by atomic mass is 16.5. The summed E-state index contributed by atoms with van der Waals surface area (Å²) in [7, 11) is 6.15. The Hall–Kier alpha value is -5.18. The van der Waals surface area contributed by atoms with Crippen LogP contribution in [-0.4, -0.2) is 40.3 Å². The van der Waals surface area contributed by atoms with E-state index < -0.39 is 12.0 Å². The van der Waals surface area contributed by atoms with Gasteiger partial charge in [0.15, 0.2) is 11.5 Å². The number of para-hydroxylation sites is 1. The Labute approximate surface area is 250 Å². The Kier molecular flexibility index (Phi) is 9.00. The number of hydrogen-bond donors (Lipinski definition) is 1. The molecule has 1 aliphatic rings. The Morgan fingerprint density at radius 2 is 1.35 bits per heavy atom. The number of hydrogen-bond acceptors (Lipinski definition) is 7. The van der Waals surface area contributed by atoms with Crippen LogP contribution in [0.5, 0.6) is 34.5 Å². The summed E-state index contributed by atoms with van der Waals surface area (Å²) in [6.45, 7) is 0. The summed E-state index contributed by atoms with van der Waals surface area (Å²) in [4.78, 5) is 29.2. The fraction of sp³-hybridized carbons (Fsp3) is 0.235. The van der Waals surface area contributed by atoms with E-state index in [2.05, 4.69) is 5.32 Å². The molecule has 0 aliphatic carbocycles. The summed E-state index contributed by atoms with van der Waals surface area (Å²) in [5, 5.41) is 3.05. The number of benzene rings is 4. The van der Waals surface area contributed by atoms with Crippen molar-refractivity contribution in [1.82, 2.24) is 0 Å². The normalized spacial score (nSPS) is 16.3. The third-order valence-electron chi connectivity index (χ3n) is 7.42. The van der Waals surface area contributed by atoms with Crippen LogP contribution < -0.4 is 33.9 Å². The maximum atomic E-state index is 13.9. The number of carbonyl (C=O) groups is 2. The SMILES string of the molecule is COc1ccc([C@@H]2[C@H](C(=O)Nc3ccc(Oc4ccccc4)cc3)CCC(=O)N2c2cc(OC)c(OC)c(OC)c2)cc1. The van der Waals surface area contributed by atoms with Gasteiger partial charge in [-0.25, -0.2) is 0 Å². The van der Waals surface area contributed by atoms with E-state index >= 15 is 0 Å². The van der Waals surface area contributed by atoms with Crippen molar-refractivity contribution in [1.29, 1.82) is 0 Å². The van der Waals surface area contributed by atoms with E-state index in [-0.39, 0.29) is 18.2 Å². The summed E-state index contributed by atoms with van der Waals surface area (Å²) >= 11 is 0. The highest BCUT2D eigenvalue weighted by Gasteiger charge is 2.42. The van der Waals surface area contributed by atoms with E-state index in [4.69, 9.17) is 23.7 Å². The number of nitrogens with one attached hydrogen (secondary N) is 1. The van der Waals surface area contributed by atoms with Gasteiger partial charge in [0.05, 0.1) is 46.1 Å². The number of piperidine rings is 1. The van der Waals surface area contributed by atoms with Gasteiger partial charge < -0.3 is 33.9 Å². The molecule has 0 aromatic heterocycles. The Morgan fingerprint density at radius 1 is 0.744 bits per heavy atom. The lowest BCUT2D eigenvalue weighted by Crippen LogP contribution is -2.47. The van der Waals surface area contributed by atoms with Gasteiger partial charge in [-0.1, -0.05) is 30.3 Å². The van der Waals surface area contributed by atoms with E-state index in [1.165, 1.54) is 21.3 Å². The lowest BCUT2D eigenvalue weighted by molar-refractivity contribution is -0.125. The standard InChI is InChI=1S/C34H34N2O7/c1-39-25-14-10-22(11-15-25)32-28(34(38)35-23-12-16-27(17-13-23)43-26-8-6-5-7-9-26)18-19-31(37)36(32)24-20-29(40-2)33(42-4)30(21-24)41-3/h5-17,20-21,28,32H,18-19H2,1-4H3,(H,35,38)/t28-,32-/m1/s1. The molecule has 0 bridgehead atoms. The first-order valence-corrected chi connectivity index (χ1v) is 13.9. The maximum absolute atomic E-state index is 13.9. The van der Waals surface area contributed by atoms with Crippen LogP contribution in [-0.2, 0) is 9.59 Å². The Balaban J connectivity index is 1.48. The topological polar surface area (TPSA) is 95.6 Å². The third-order valence-corrected chi connectivity index (χ3v) is 7.42. The fourth-order valence-corrected chi connectivity index (χ4v) is 5.33. The average molecular weight is 583 g/mol. The Bertz CT molecular complexity index is 1530. The van der Waals surface area contributed by atoms with E-state index in [1.54, 1.807) is 48.4 Å². The van der Waals surface area contributed by atoms with E-state index in [0.717, 1.165) is 11.3 Å². The van der Waals surface area contributed by atoms with Gasteiger partial charge in [-0.15, -0.1) is 0 Å². The van der Waals surface area contributed by atoms with Crippen molar-refractivity contribution in [2.24, 2.45) is 5.92 Å². The second-order valence-corrected chi connectivity index (χ2v) is 9.94. The van der Waals surface area contributed by atoms with Crippen molar-refractivity contribution in [2.75, 3.05) is 38.7 Å². The van der Waals surface area contributed by atoms with Gasteiger partial charge in [0, 0.05) is 24.2 Å². The Morgan fingerprint density at radius 3 is 1.93 bits per heavy atom. The van der Waals surface area contributed by atoms with Crippen molar-refractivity contribution in [3.8, 4) is 34.5 Å². The molecule has 0 unspecified atom stereocenters. The molecule has 9 nitrogen and oxygen atoms in total. The molecule has 9 heteroatoms. The first-order chi connectivity index (χ1) is 20.9. The molecular weight excluding hydrogens is 548 g/mol. The molecular formula is C34H34N2O7. The van der Waals surface area contributed by atoms with Crippen LogP contribution in [0.25, 0.3) is 0 Å². The second-order valence-electron chi connectivity index (χ2n) is 9.94. The molecule has 1 N–H and O–H groups in total. The molecule has 2 atom stereocenters. The molecule has 1 aliphatic heterocycles. The number of methoxy groups -OCH3 is 4. The highest BCUT2D eigenvalue weighted by molar-refractivity contribution is 6.00. The fourth-order valence-electron chi connectivity index (χ4n) is 5.33. The average Bonchev–Trinajstić information content (AvgIpc) is 3.05. The zero-order valence-corrected chi connectivity index (χ0v) is 24.5. The number of anilines is 2. The molecule has 222 valence electrons.